The molecule has 14 rings (SSSR count). The Hall–Kier alpha value is -11.4. The summed E-state index contributed by atoms with van der Waals surface area (Å²) in [6.45, 7) is 2.86. The smallest absolute Gasteiger partial charge is 0.227 e. The predicted molar refractivity (Wildman–Crippen MR) is 356 cm³/mol. The van der Waals surface area contributed by atoms with Crippen LogP contribution in [0.4, 0.5) is 0 Å². The summed E-state index contributed by atoms with van der Waals surface area (Å²) in [7, 11) is 0. The number of aromatic nitrogens is 12. The fourth-order valence-electron chi connectivity index (χ4n) is 11.5. The Balaban J connectivity index is 0.000000151. The molecule has 0 aliphatic heterocycles. The van der Waals surface area contributed by atoms with Crippen molar-refractivity contribution in [2.24, 2.45) is 0 Å². The molecule has 14 nitrogen and oxygen atoms in total. The Morgan fingerprint density at radius 1 is 0.247 bits per heavy atom. The van der Waals surface area contributed by atoms with Gasteiger partial charge in [0, 0.05) is 88.2 Å². The van der Waals surface area contributed by atoms with Crippen LogP contribution in [0.1, 0.15) is 26.4 Å². The van der Waals surface area contributed by atoms with Crippen LogP contribution in [0.25, 0.3) is 0 Å². The second-order valence-corrected chi connectivity index (χ2v) is 20.1. The molecular formula is C72H66B2CoN14. The minimum absolute atomic E-state index is 0. The second-order valence-electron chi connectivity index (χ2n) is 20.1. The van der Waals surface area contributed by atoms with E-state index in [0.717, 1.165) is 0 Å². The summed E-state index contributed by atoms with van der Waals surface area (Å²) in [5, 5.41) is 40.0. The van der Waals surface area contributed by atoms with Crippen LogP contribution in [-0.4, -0.2) is 71.0 Å². The maximum Gasteiger partial charge on any atom is 2.00 e. The molecule has 0 aliphatic carbocycles. The molecule has 0 unspecified atom stereocenters. The first-order valence-corrected chi connectivity index (χ1v) is 28.9. The van der Waals surface area contributed by atoms with Gasteiger partial charge in [0.2, 0.25) is 12.6 Å². The first-order valence-electron chi connectivity index (χ1n) is 28.9. The Labute approximate surface area is 530 Å². The van der Waals surface area contributed by atoms with E-state index in [1.807, 2.05) is 73.6 Å². The number of nitriles is 2. The van der Waals surface area contributed by atoms with E-state index in [0.29, 0.717) is 0 Å². The summed E-state index contributed by atoms with van der Waals surface area (Å²) < 4.78 is 10.8. The minimum atomic E-state index is -1.22. The maximum absolute atomic E-state index is 7.32. The molecular weight excluding hydrogens is 1140 g/mol. The van der Waals surface area contributed by atoms with Crippen molar-refractivity contribution in [3.63, 3.8) is 0 Å². The molecule has 6 heterocycles. The van der Waals surface area contributed by atoms with Crippen LogP contribution in [0.15, 0.2) is 353 Å². The van der Waals surface area contributed by atoms with Crippen LogP contribution < -0.4 is 43.7 Å². The van der Waals surface area contributed by atoms with Crippen molar-refractivity contribution in [3.8, 4) is 12.1 Å². The zero-order chi connectivity index (χ0) is 60.9. The van der Waals surface area contributed by atoms with E-state index in [2.05, 4.69) is 273 Å². The predicted octanol–water partition coefficient (Wildman–Crippen LogP) is 8.84. The van der Waals surface area contributed by atoms with Gasteiger partial charge in [0.05, 0.1) is 12.1 Å². The molecule has 0 saturated heterocycles. The fourth-order valence-corrected chi connectivity index (χ4v) is 11.5. The van der Waals surface area contributed by atoms with Crippen LogP contribution in [0.3, 0.4) is 0 Å². The monoisotopic (exact) mass is 1210 g/mol. The average molecular weight is 1210 g/mol. The van der Waals surface area contributed by atoms with Gasteiger partial charge in [-0.05, 0) is 36.4 Å². The average Bonchev–Trinajstić information content (AvgIpc) is 1.89. The summed E-state index contributed by atoms with van der Waals surface area (Å²) >= 11 is 0. The normalized spacial score (nSPS) is 10.4. The number of hydrogen-bond acceptors (Lipinski definition) is 8. The first-order chi connectivity index (χ1) is 43.6. The van der Waals surface area contributed by atoms with Crippen molar-refractivity contribution in [2.75, 3.05) is 0 Å². The molecule has 6 aromatic heterocycles. The third-order valence-electron chi connectivity index (χ3n) is 15.0. The van der Waals surface area contributed by atoms with Gasteiger partial charge >= 0.3 is 16.8 Å². The summed E-state index contributed by atoms with van der Waals surface area (Å²) in [5.41, 5.74) is 10.7. The van der Waals surface area contributed by atoms with Gasteiger partial charge < -0.3 is 0 Å². The van der Waals surface area contributed by atoms with Crippen molar-refractivity contribution < 1.29 is 16.8 Å². The van der Waals surface area contributed by atoms with Crippen molar-refractivity contribution in [1.82, 2.24) is 58.7 Å². The topological polar surface area (TPSA) is 154 Å². The maximum atomic E-state index is 7.32. The molecule has 0 fully saturated rings. The largest absolute Gasteiger partial charge is 2.00 e. The third-order valence-corrected chi connectivity index (χ3v) is 15.0. The van der Waals surface area contributed by atoms with Crippen molar-refractivity contribution in [3.05, 3.63) is 353 Å². The van der Waals surface area contributed by atoms with E-state index in [9.17, 15) is 0 Å². The molecule has 8 aromatic carbocycles. The number of benzene rings is 8. The Morgan fingerprint density at radius 3 is 0.472 bits per heavy atom. The van der Waals surface area contributed by atoms with Crippen LogP contribution in [0, 0.1) is 22.7 Å². The summed E-state index contributed by atoms with van der Waals surface area (Å²) in [6, 6.07) is 102. The van der Waals surface area contributed by atoms with Gasteiger partial charge in [-0.3, -0.25) is 0 Å². The Bertz CT molecular complexity index is 3390. The van der Waals surface area contributed by atoms with Gasteiger partial charge in [0.15, 0.2) is 0 Å². The number of nitrogens with zero attached hydrogens (tertiary/aromatic N) is 14. The van der Waals surface area contributed by atoms with Gasteiger partial charge in [-0.1, -0.05) is 243 Å². The van der Waals surface area contributed by atoms with Crippen LogP contribution in [-0.2, 0) is 16.8 Å². The molecule has 0 aliphatic rings. The molecule has 0 amide bonds. The molecule has 17 heteroatoms. The summed E-state index contributed by atoms with van der Waals surface area (Å²) in [6.07, 6.45) is 18.9. The molecule has 0 N–H and O–H groups in total. The van der Waals surface area contributed by atoms with Gasteiger partial charge in [0.1, 0.15) is 12.3 Å². The van der Waals surface area contributed by atoms with E-state index in [1.165, 1.54) is 57.5 Å². The van der Waals surface area contributed by atoms with Crippen molar-refractivity contribution in [2.45, 2.75) is 26.4 Å². The molecule has 14 aromatic rings. The fraction of sp³-hybridized carbons (Fsp3) is 0.0556. The second kappa shape index (κ2) is 33.4. The number of hydrogen-bond donors (Lipinski definition) is 0. The van der Waals surface area contributed by atoms with Crippen molar-refractivity contribution >= 4 is 56.0 Å². The Morgan fingerprint density at radius 2 is 0.371 bits per heavy atom. The van der Waals surface area contributed by atoms with Crippen LogP contribution >= 0.6 is 0 Å². The van der Waals surface area contributed by atoms with E-state index in [1.54, 1.807) is 77.4 Å². The van der Waals surface area contributed by atoms with E-state index in [-0.39, 0.29) is 29.4 Å². The third kappa shape index (κ3) is 15.4. The molecule has 439 valence electrons. The van der Waals surface area contributed by atoms with Crippen molar-refractivity contribution in [1.29, 1.82) is 10.5 Å². The van der Waals surface area contributed by atoms with Gasteiger partial charge in [-0.15, -0.1) is 0 Å². The summed E-state index contributed by atoms with van der Waals surface area (Å²) in [5.74, 6) is 0. The van der Waals surface area contributed by atoms with Gasteiger partial charge in [0.25, 0.3) is 0 Å². The standard InChI is InChI=1S/2C24H20B.2C10H10N6.2C2H3N.Co/c2*1-5-13-21(14-6-1)25(22-15-7-2-8-16-22,23-17-9-3-10-18-23)24-19-11-4-12-20-24;2*1-4-11-14(7-1)10(15-8-2-5-12-15)16-9-3-6-13-16;2*1-2-3;/h2*1-20H;2*1-10H;2*1H3;/q2*-1;;;;;+2. The molecule has 89 heavy (non-hydrogen) atoms. The van der Waals surface area contributed by atoms with E-state index < -0.39 is 12.3 Å². The van der Waals surface area contributed by atoms with Gasteiger partial charge in [-0.25, -0.2) is 28.1 Å². The zero-order valence-electron chi connectivity index (χ0n) is 49.4. The van der Waals surface area contributed by atoms with Crippen LogP contribution in [0.5, 0.6) is 0 Å². The van der Waals surface area contributed by atoms with E-state index >= 15 is 0 Å². The molecule has 0 spiro atoms. The first kappa shape index (κ1) is 63.7. The molecule has 0 bridgehead atoms. The Kier molecular flexibility index (Phi) is 23.9. The van der Waals surface area contributed by atoms with Crippen LogP contribution in [0.2, 0.25) is 0 Å². The quantitative estimate of drug-likeness (QED) is 0.0980. The van der Waals surface area contributed by atoms with E-state index in [4.69, 9.17) is 10.5 Å². The number of rotatable bonds is 14. The molecule has 0 saturated carbocycles. The summed E-state index contributed by atoms with van der Waals surface area (Å²) in [4.78, 5) is 0. The van der Waals surface area contributed by atoms with Gasteiger partial charge in [-0.2, -0.15) is 84.8 Å². The zero-order valence-corrected chi connectivity index (χ0v) is 50.4. The molecule has 0 atom stereocenters. The SMILES string of the molecule is CC#N.CC#N.[Co+2].c1ccc([B-](c2ccccc2)(c2ccccc2)c2ccccc2)cc1.c1ccc([B-](c2ccccc2)(c2ccccc2)c2ccccc2)cc1.c1cnn(C(n2cccn2)n2cccn2)c1.c1cnn(C(n2cccn2)n2cccn2)c1. The minimum Gasteiger partial charge on any atom is -0.227 e. The molecule has 1 radical (unpaired) electrons.